The van der Waals surface area contributed by atoms with Crippen molar-refractivity contribution in [3.8, 4) is 5.75 Å². The number of ether oxygens (including phenoxy) is 1. The van der Waals surface area contributed by atoms with Gasteiger partial charge < -0.3 is 4.74 Å². The summed E-state index contributed by atoms with van der Waals surface area (Å²) in [5, 5.41) is 0. The molecule has 0 radical (unpaired) electrons. The van der Waals surface area contributed by atoms with Crippen LogP contribution in [0.3, 0.4) is 0 Å². The van der Waals surface area contributed by atoms with Crippen LogP contribution in [-0.4, -0.2) is 31.1 Å². The number of fused-ring (bicyclic) bond motifs is 1. The van der Waals surface area contributed by atoms with Gasteiger partial charge in [0.05, 0.1) is 7.11 Å². The van der Waals surface area contributed by atoms with Crippen LogP contribution in [0.1, 0.15) is 56.6 Å². The Balaban J connectivity index is 1.57. The molecule has 2 saturated carbocycles. The Morgan fingerprint density at radius 2 is 2.08 bits per heavy atom. The lowest BCUT2D eigenvalue weighted by Crippen LogP contribution is -2.61. The molecule has 0 amide bonds. The second-order valence-electron chi connectivity index (χ2n) is 9.13. The summed E-state index contributed by atoms with van der Waals surface area (Å²) in [6.07, 6.45) is 9.82. The molecule has 3 aliphatic carbocycles. The molecule has 1 saturated heterocycles. The van der Waals surface area contributed by atoms with Crippen molar-refractivity contribution in [1.82, 2.24) is 4.90 Å². The topological polar surface area (TPSA) is 12.5 Å². The van der Waals surface area contributed by atoms with Crippen molar-refractivity contribution in [1.29, 1.82) is 0 Å². The summed E-state index contributed by atoms with van der Waals surface area (Å²) in [7, 11) is 1.81. The SMILES string of the molecule is COc1ccc2c(c1)[C@@]13CCC(C)CC1[C@@H](C2)N(CC1CC1)CC3. The van der Waals surface area contributed by atoms with Crippen molar-refractivity contribution < 1.29 is 4.74 Å². The molecule has 0 aromatic heterocycles. The minimum Gasteiger partial charge on any atom is -0.497 e. The molecular formula is C22H31NO. The molecule has 2 nitrogen and oxygen atoms in total. The first-order valence-corrected chi connectivity index (χ1v) is 10.1. The fourth-order valence-corrected chi connectivity index (χ4v) is 6.21. The van der Waals surface area contributed by atoms with E-state index in [1.807, 2.05) is 7.11 Å². The number of rotatable bonds is 3. The maximum atomic E-state index is 5.59. The first kappa shape index (κ1) is 15.3. The van der Waals surface area contributed by atoms with E-state index in [1.54, 1.807) is 11.1 Å². The molecule has 130 valence electrons. The van der Waals surface area contributed by atoms with Crippen molar-refractivity contribution in [2.45, 2.75) is 63.3 Å². The van der Waals surface area contributed by atoms with Crippen molar-refractivity contribution >= 4 is 0 Å². The molecule has 0 N–H and O–H groups in total. The lowest BCUT2D eigenvalue weighted by Gasteiger charge is -2.60. The van der Waals surface area contributed by atoms with Gasteiger partial charge in [0.15, 0.2) is 0 Å². The molecule has 3 fully saturated rings. The Bertz CT molecular complexity index is 637. The molecule has 2 heteroatoms. The summed E-state index contributed by atoms with van der Waals surface area (Å²) >= 11 is 0. The Morgan fingerprint density at radius 1 is 1.21 bits per heavy atom. The second-order valence-corrected chi connectivity index (χ2v) is 9.13. The third-order valence-corrected chi connectivity index (χ3v) is 7.70. The van der Waals surface area contributed by atoms with Crippen LogP contribution in [0.5, 0.6) is 5.75 Å². The van der Waals surface area contributed by atoms with Gasteiger partial charge in [0.1, 0.15) is 5.75 Å². The number of likely N-dealkylation sites (tertiary alicyclic amines) is 1. The van der Waals surface area contributed by atoms with Crippen LogP contribution < -0.4 is 4.74 Å². The van der Waals surface area contributed by atoms with E-state index in [4.69, 9.17) is 4.74 Å². The van der Waals surface area contributed by atoms with Gasteiger partial charge in [0.2, 0.25) is 0 Å². The first-order chi connectivity index (χ1) is 11.7. The van der Waals surface area contributed by atoms with Crippen LogP contribution in [-0.2, 0) is 11.8 Å². The molecule has 1 aliphatic heterocycles. The predicted octanol–water partition coefficient (Wildman–Crippen LogP) is 4.41. The quantitative estimate of drug-likeness (QED) is 0.816. The van der Waals surface area contributed by atoms with Crippen LogP contribution >= 0.6 is 0 Å². The molecule has 4 atom stereocenters. The Hall–Kier alpha value is -1.02. The number of hydrogen-bond donors (Lipinski definition) is 0. The van der Waals surface area contributed by atoms with Gasteiger partial charge in [-0.3, -0.25) is 4.90 Å². The number of nitrogens with zero attached hydrogens (tertiary/aromatic N) is 1. The van der Waals surface area contributed by atoms with E-state index in [9.17, 15) is 0 Å². The average Bonchev–Trinajstić information content (AvgIpc) is 3.41. The van der Waals surface area contributed by atoms with E-state index in [2.05, 4.69) is 30.0 Å². The summed E-state index contributed by atoms with van der Waals surface area (Å²) in [5.74, 6) is 3.84. The van der Waals surface area contributed by atoms with Crippen molar-refractivity contribution in [2.24, 2.45) is 17.8 Å². The highest BCUT2D eigenvalue weighted by Gasteiger charge is 2.55. The van der Waals surface area contributed by atoms with Crippen molar-refractivity contribution in [2.75, 3.05) is 20.2 Å². The second kappa shape index (κ2) is 5.49. The summed E-state index contributed by atoms with van der Waals surface area (Å²) in [6.45, 7) is 5.18. The number of piperidine rings is 1. The highest BCUT2D eigenvalue weighted by molar-refractivity contribution is 5.45. The zero-order valence-corrected chi connectivity index (χ0v) is 15.3. The van der Waals surface area contributed by atoms with Crippen molar-refractivity contribution in [3.05, 3.63) is 29.3 Å². The minimum absolute atomic E-state index is 0.444. The van der Waals surface area contributed by atoms with Crippen LogP contribution in [0.2, 0.25) is 0 Å². The standard InChI is InChI=1S/C22H31NO/c1-15-7-8-22-9-10-23(14-16-3-4-16)21(20(22)11-15)12-17-5-6-18(24-2)13-19(17)22/h5-6,13,15-16,20-21H,3-4,7-12,14H2,1-2H3/t15?,20?,21-,22+/m1/s1. The summed E-state index contributed by atoms with van der Waals surface area (Å²) < 4.78 is 5.59. The molecule has 2 unspecified atom stereocenters. The smallest absolute Gasteiger partial charge is 0.119 e. The molecule has 0 spiro atoms. The molecule has 4 aliphatic rings. The van der Waals surface area contributed by atoms with Crippen LogP contribution in [0.4, 0.5) is 0 Å². The highest BCUT2D eigenvalue weighted by atomic mass is 16.5. The van der Waals surface area contributed by atoms with Gasteiger partial charge in [-0.15, -0.1) is 0 Å². The highest BCUT2D eigenvalue weighted by Crippen LogP contribution is 2.57. The van der Waals surface area contributed by atoms with E-state index >= 15 is 0 Å². The maximum Gasteiger partial charge on any atom is 0.119 e. The van der Waals surface area contributed by atoms with Gasteiger partial charge in [-0.1, -0.05) is 13.0 Å². The zero-order chi connectivity index (χ0) is 16.3. The Kier molecular flexibility index (Phi) is 3.49. The fourth-order valence-electron chi connectivity index (χ4n) is 6.21. The lowest BCUT2D eigenvalue weighted by molar-refractivity contribution is -0.0256. The van der Waals surface area contributed by atoms with E-state index in [0.29, 0.717) is 5.41 Å². The molecule has 1 aromatic carbocycles. The zero-order valence-electron chi connectivity index (χ0n) is 15.3. The normalized spacial score (nSPS) is 38.3. The summed E-state index contributed by atoms with van der Waals surface area (Å²) in [5.41, 5.74) is 3.72. The maximum absolute atomic E-state index is 5.59. The average molecular weight is 325 g/mol. The molecule has 1 aromatic rings. The van der Waals surface area contributed by atoms with Gasteiger partial charge in [-0.05, 0) is 92.5 Å². The molecular weight excluding hydrogens is 294 g/mol. The summed E-state index contributed by atoms with van der Waals surface area (Å²) in [4.78, 5) is 2.89. The van der Waals surface area contributed by atoms with Crippen LogP contribution in [0.25, 0.3) is 0 Å². The number of methoxy groups -OCH3 is 1. The van der Waals surface area contributed by atoms with Crippen molar-refractivity contribution in [3.63, 3.8) is 0 Å². The van der Waals surface area contributed by atoms with E-state index in [-0.39, 0.29) is 0 Å². The third kappa shape index (κ3) is 2.25. The van der Waals surface area contributed by atoms with Crippen LogP contribution in [0.15, 0.2) is 18.2 Å². The van der Waals surface area contributed by atoms with E-state index < -0.39 is 0 Å². The molecule has 24 heavy (non-hydrogen) atoms. The minimum atomic E-state index is 0.444. The summed E-state index contributed by atoms with van der Waals surface area (Å²) in [6, 6.07) is 7.74. The molecule has 1 heterocycles. The number of benzene rings is 1. The van der Waals surface area contributed by atoms with E-state index in [0.717, 1.165) is 29.5 Å². The fraction of sp³-hybridized carbons (Fsp3) is 0.727. The van der Waals surface area contributed by atoms with Gasteiger partial charge in [0.25, 0.3) is 0 Å². The first-order valence-electron chi connectivity index (χ1n) is 10.1. The number of hydrogen-bond acceptors (Lipinski definition) is 2. The van der Waals surface area contributed by atoms with Crippen LogP contribution in [0, 0.1) is 17.8 Å². The molecule has 2 bridgehead atoms. The van der Waals surface area contributed by atoms with Gasteiger partial charge >= 0.3 is 0 Å². The van der Waals surface area contributed by atoms with Gasteiger partial charge in [-0.25, -0.2) is 0 Å². The third-order valence-electron chi connectivity index (χ3n) is 7.70. The Morgan fingerprint density at radius 3 is 2.88 bits per heavy atom. The Labute approximate surface area is 146 Å². The lowest BCUT2D eigenvalue weighted by atomic mass is 9.51. The monoisotopic (exact) mass is 325 g/mol. The largest absolute Gasteiger partial charge is 0.497 e. The predicted molar refractivity (Wildman–Crippen MR) is 97.6 cm³/mol. The van der Waals surface area contributed by atoms with E-state index in [1.165, 1.54) is 58.0 Å². The van der Waals surface area contributed by atoms with Gasteiger partial charge in [-0.2, -0.15) is 0 Å². The molecule has 5 rings (SSSR count). The van der Waals surface area contributed by atoms with Gasteiger partial charge in [0, 0.05) is 18.0 Å².